The molecular formula is C22H30N2O5. The van der Waals surface area contributed by atoms with E-state index in [0.29, 0.717) is 76.6 Å². The molecule has 0 aliphatic carbocycles. The van der Waals surface area contributed by atoms with E-state index in [9.17, 15) is 9.59 Å². The second-order valence-electron chi connectivity index (χ2n) is 7.42. The first-order valence-corrected chi connectivity index (χ1v) is 10.2. The smallest absolute Gasteiger partial charge is 0.257 e. The van der Waals surface area contributed by atoms with Crippen LogP contribution in [-0.2, 0) is 14.3 Å². The highest BCUT2D eigenvalue weighted by molar-refractivity contribution is 5.97. The Morgan fingerprint density at radius 1 is 1.17 bits per heavy atom. The number of fused-ring (bicyclic) bond motifs is 1. The van der Waals surface area contributed by atoms with Gasteiger partial charge in [0.25, 0.3) is 5.91 Å². The fraction of sp³-hybridized carbons (Fsp3) is 0.545. The van der Waals surface area contributed by atoms with Crippen molar-refractivity contribution in [2.75, 3.05) is 53.2 Å². The maximum atomic E-state index is 13.1. The maximum Gasteiger partial charge on any atom is 0.257 e. The van der Waals surface area contributed by atoms with E-state index in [4.69, 9.17) is 14.2 Å². The summed E-state index contributed by atoms with van der Waals surface area (Å²) in [5, 5.41) is 3.05. The summed E-state index contributed by atoms with van der Waals surface area (Å²) in [6.45, 7) is 3.18. The summed E-state index contributed by atoms with van der Waals surface area (Å²) < 4.78 is 16.5. The maximum absolute atomic E-state index is 13.1. The molecule has 1 fully saturated rings. The monoisotopic (exact) mass is 402 g/mol. The van der Waals surface area contributed by atoms with E-state index in [1.54, 1.807) is 18.1 Å². The standard InChI is InChI=1S/C22H30N2O5/c1-27-17-13-24-12-11-23-21(26)22(9-15-28-16-10-22)8-4-5-14-29-19-7-3-2-6-18(19)20(24)25/h2-7H,8-17H2,1H3,(H,23,26)/b5-4-. The third kappa shape index (κ3) is 5.36. The largest absolute Gasteiger partial charge is 0.489 e. The zero-order valence-corrected chi connectivity index (χ0v) is 17.0. The van der Waals surface area contributed by atoms with Gasteiger partial charge in [0, 0.05) is 40.0 Å². The Hall–Kier alpha value is -2.38. The van der Waals surface area contributed by atoms with Crippen LogP contribution >= 0.6 is 0 Å². The molecule has 29 heavy (non-hydrogen) atoms. The zero-order chi connectivity index (χ0) is 20.5. The van der Waals surface area contributed by atoms with Gasteiger partial charge in [-0.2, -0.15) is 0 Å². The number of hydrogen-bond acceptors (Lipinski definition) is 5. The van der Waals surface area contributed by atoms with Crippen molar-refractivity contribution in [3.63, 3.8) is 0 Å². The molecule has 0 radical (unpaired) electrons. The molecule has 0 atom stereocenters. The zero-order valence-electron chi connectivity index (χ0n) is 17.0. The lowest BCUT2D eigenvalue weighted by atomic mass is 9.76. The first-order chi connectivity index (χ1) is 14.2. The van der Waals surface area contributed by atoms with Crippen LogP contribution in [-0.4, -0.2) is 69.9 Å². The number of methoxy groups -OCH3 is 1. The lowest BCUT2D eigenvalue weighted by Crippen LogP contribution is -2.47. The molecule has 0 bridgehead atoms. The molecule has 2 aliphatic heterocycles. The van der Waals surface area contributed by atoms with Crippen molar-refractivity contribution in [2.45, 2.75) is 19.3 Å². The predicted octanol–water partition coefficient (Wildman–Crippen LogP) is 2.03. The van der Waals surface area contributed by atoms with Crippen molar-refractivity contribution in [3.8, 4) is 5.75 Å². The summed E-state index contributed by atoms with van der Waals surface area (Å²) in [5.74, 6) is 0.461. The molecule has 1 N–H and O–H groups in total. The summed E-state index contributed by atoms with van der Waals surface area (Å²) in [6, 6.07) is 7.26. The van der Waals surface area contributed by atoms with Gasteiger partial charge in [0.2, 0.25) is 5.91 Å². The molecule has 158 valence electrons. The van der Waals surface area contributed by atoms with Gasteiger partial charge < -0.3 is 24.4 Å². The lowest BCUT2D eigenvalue weighted by molar-refractivity contribution is -0.136. The molecule has 0 saturated carbocycles. The quantitative estimate of drug-likeness (QED) is 0.783. The third-order valence-electron chi connectivity index (χ3n) is 5.58. The normalized spacial score (nSPS) is 21.6. The van der Waals surface area contributed by atoms with Crippen molar-refractivity contribution in [1.29, 1.82) is 0 Å². The van der Waals surface area contributed by atoms with E-state index in [1.165, 1.54) is 0 Å². The Bertz CT molecular complexity index is 728. The minimum Gasteiger partial charge on any atom is -0.489 e. The van der Waals surface area contributed by atoms with Gasteiger partial charge in [-0.05, 0) is 31.4 Å². The van der Waals surface area contributed by atoms with E-state index in [1.807, 2.05) is 30.4 Å². The van der Waals surface area contributed by atoms with E-state index < -0.39 is 5.41 Å². The Morgan fingerprint density at radius 2 is 1.97 bits per heavy atom. The molecule has 1 spiro atoms. The number of carbonyl (C=O) groups is 2. The summed E-state index contributed by atoms with van der Waals surface area (Å²) >= 11 is 0. The number of nitrogens with one attached hydrogen (secondary N) is 1. The molecule has 0 aromatic heterocycles. The average molecular weight is 402 g/mol. The van der Waals surface area contributed by atoms with Crippen LogP contribution in [0, 0.1) is 5.41 Å². The molecule has 2 aliphatic rings. The molecule has 3 rings (SSSR count). The molecule has 0 unspecified atom stereocenters. The van der Waals surface area contributed by atoms with Crippen LogP contribution in [0.4, 0.5) is 0 Å². The van der Waals surface area contributed by atoms with Gasteiger partial charge in [-0.25, -0.2) is 0 Å². The highest BCUT2D eigenvalue weighted by Crippen LogP contribution is 2.35. The summed E-state index contributed by atoms with van der Waals surface area (Å²) in [6.07, 6.45) is 5.96. The van der Waals surface area contributed by atoms with Gasteiger partial charge in [0.1, 0.15) is 12.4 Å². The van der Waals surface area contributed by atoms with Crippen molar-refractivity contribution in [1.82, 2.24) is 10.2 Å². The SMILES string of the molecule is COCCN1CCNC(=O)C2(C/C=C\COc3ccccc3C1=O)CCOCC2. The lowest BCUT2D eigenvalue weighted by Gasteiger charge is -2.35. The van der Waals surface area contributed by atoms with Crippen molar-refractivity contribution in [2.24, 2.45) is 5.41 Å². The minimum atomic E-state index is -0.460. The first kappa shape index (κ1) is 21.3. The Labute approximate surface area is 172 Å². The number of rotatable bonds is 3. The topological polar surface area (TPSA) is 77.1 Å². The van der Waals surface area contributed by atoms with Crippen LogP contribution in [0.2, 0.25) is 0 Å². The average Bonchev–Trinajstić information content (AvgIpc) is 2.75. The van der Waals surface area contributed by atoms with E-state index >= 15 is 0 Å². The number of ether oxygens (including phenoxy) is 3. The third-order valence-corrected chi connectivity index (χ3v) is 5.58. The number of allylic oxidation sites excluding steroid dienone is 1. The van der Waals surface area contributed by atoms with Crippen molar-refractivity contribution in [3.05, 3.63) is 42.0 Å². The van der Waals surface area contributed by atoms with E-state index in [-0.39, 0.29) is 11.8 Å². The number of amides is 2. The fourth-order valence-corrected chi connectivity index (χ4v) is 3.75. The van der Waals surface area contributed by atoms with Gasteiger partial charge >= 0.3 is 0 Å². The second-order valence-corrected chi connectivity index (χ2v) is 7.42. The molecular weight excluding hydrogens is 372 g/mol. The predicted molar refractivity (Wildman–Crippen MR) is 109 cm³/mol. The van der Waals surface area contributed by atoms with Crippen LogP contribution in [0.5, 0.6) is 5.75 Å². The van der Waals surface area contributed by atoms with Gasteiger partial charge in [0.05, 0.1) is 17.6 Å². The number of nitrogens with zero attached hydrogens (tertiary/aromatic N) is 1. The van der Waals surface area contributed by atoms with Crippen molar-refractivity contribution >= 4 is 11.8 Å². The molecule has 7 heteroatoms. The number of para-hydroxylation sites is 1. The summed E-state index contributed by atoms with van der Waals surface area (Å²) in [5.41, 5.74) is 0.0549. The number of hydrogen-bond donors (Lipinski definition) is 1. The van der Waals surface area contributed by atoms with Gasteiger partial charge in [0.15, 0.2) is 0 Å². The van der Waals surface area contributed by atoms with E-state index in [2.05, 4.69) is 5.32 Å². The van der Waals surface area contributed by atoms with Crippen LogP contribution in [0.3, 0.4) is 0 Å². The van der Waals surface area contributed by atoms with Crippen LogP contribution in [0.1, 0.15) is 29.6 Å². The van der Waals surface area contributed by atoms with Crippen LogP contribution in [0.25, 0.3) is 0 Å². The van der Waals surface area contributed by atoms with Crippen LogP contribution < -0.4 is 10.1 Å². The second kappa shape index (κ2) is 10.4. The Morgan fingerprint density at radius 3 is 2.76 bits per heavy atom. The van der Waals surface area contributed by atoms with Gasteiger partial charge in [-0.1, -0.05) is 24.3 Å². The highest BCUT2D eigenvalue weighted by Gasteiger charge is 2.38. The number of benzene rings is 1. The Balaban J connectivity index is 1.84. The summed E-state index contributed by atoms with van der Waals surface area (Å²) in [4.78, 5) is 27.8. The van der Waals surface area contributed by atoms with Crippen molar-refractivity contribution < 1.29 is 23.8 Å². The van der Waals surface area contributed by atoms with Gasteiger partial charge in [-0.15, -0.1) is 0 Å². The first-order valence-electron chi connectivity index (χ1n) is 10.2. The van der Waals surface area contributed by atoms with Crippen LogP contribution in [0.15, 0.2) is 36.4 Å². The fourth-order valence-electron chi connectivity index (χ4n) is 3.75. The van der Waals surface area contributed by atoms with Gasteiger partial charge in [-0.3, -0.25) is 9.59 Å². The highest BCUT2D eigenvalue weighted by atomic mass is 16.5. The molecule has 2 heterocycles. The Kier molecular flexibility index (Phi) is 7.66. The number of carbonyl (C=O) groups excluding carboxylic acids is 2. The minimum absolute atomic E-state index is 0.0305. The molecule has 7 nitrogen and oxygen atoms in total. The summed E-state index contributed by atoms with van der Waals surface area (Å²) in [7, 11) is 1.61. The molecule has 1 saturated heterocycles. The molecule has 1 aromatic rings. The molecule has 1 aromatic carbocycles. The van der Waals surface area contributed by atoms with E-state index in [0.717, 1.165) is 0 Å². The molecule has 2 amide bonds.